The van der Waals surface area contributed by atoms with Crippen LogP contribution in [0.25, 0.3) is 0 Å². The van der Waals surface area contributed by atoms with Gasteiger partial charge < -0.3 is 15.2 Å². The summed E-state index contributed by atoms with van der Waals surface area (Å²) in [5.41, 5.74) is 1.56. The van der Waals surface area contributed by atoms with Gasteiger partial charge in [0.15, 0.2) is 18.1 Å². The molecule has 0 aliphatic carbocycles. The topological polar surface area (TPSA) is 92.7 Å². The van der Waals surface area contributed by atoms with Crippen LogP contribution in [-0.4, -0.2) is 29.4 Å². The van der Waals surface area contributed by atoms with E-state index in [0.717, 1.165) is 5.56 Å². The van der Waals surface area contributed by atoms with Gasteiger partial charge in [-0.2, -0.15) is 0 Å². The molecule has 0 bridgehead atoms. The van der Waals surface area contributed by atoms with Crippen LogP contribution in [0.1, 0.15) is 29.3 Å². The highest BCUT2D eigenvalue weighted by molar-refractivity contribution is 6.05. The Labute approximate surface area is 115 Å². The van der Waals surface area contributed by atoms with Gasteiger partial charge in [-0.15, -0.1) is 0 Å². The monoisotopic (exact) mass is 277 g/mol. The van der Waals surface area contributed by atoms with E-state index < -0.39 is 11.9 Å². The number of Topliss-reactive ketones (excluding diaryl/α,β-unsaturated/α-hetero) is 1. The predicted molar refractivity (Wildman–Crippen MR) is 71.1 cm³/mol. The van der Waals surface area contributed by atoms with Gasteiger partial charge in [0.05, 0.1) is 17.7 Å². The number of ketones is 1. The smallest absolute Gasteiger partial charge is 0.304 e. The summed E-state index contributed by atoms with van der Waals surface area (Å²) in [5, 5.41) is 11.4. The van der Waals surface area contributed by atoms with Crippen molar-refractivity contribution in [2.75, 3.05) is 11.9 Å². The predicted octanol–water partition coefficient (Wildman–Crippen LogP) is 1.62. The molecule has 1 aromatic rings. The third kappa shape index (κ3) is 2.79. The van der Waals surface area contributed by atoms with E-state index in [-0.39, 0.29) is 24.7 Å². The van der Waals surface area contributed by atoms with Crippen LogP contribution in [0.4, 0.5) is 5.69 Å². The Hall–Kier alpha value is -2.37. The number of anilines is 1. The van der Waals surface area contributed by atoms with Crippen LogP contribution in [0.5, 0.6) is 5.75 Å². The fourth-order valence-electron chi connectivity index (χ4n) is 2.15. The van der Waals surface area contributed by atoms with Gasteiger partial charge in [-0.1, -0.05) is 6.92 Å². The Balaban J connectivity index is 2.39. The molecule has 1 amide bonds. The number of rotatable bonds is 4. The Morgan fingerprint density at radius 2 is 2.15 bits per heavy atom. The number of fused-ring (bicyclic) bond motifs is 1. The molecule has 0 fully saturated rings. The van der Waals surface area contributed by atoms with Crippen molar-refractivity contribution in [3.05, 3.63) is 23.3 Å². The minimum atomic E-state index is -1.03. The van der Waals surface area contributed by atoms with Gasteiger partial charge in [-0.25, -0.2) is 0 Å². The molecule has 1 atom stereocenters. The summed E-state index contributed by atoms with van der Waals surface area (Å²) < 4.78 is 5.32. The largest absolute Gasteiger partial charge is 0.481 e. The van der Waals surface area contributed by atoms with E-state index in [2.05, 4.69) is 5.32 Å². The number of carboxylic acids is 1. The maximum atomic E-state index is 12.3. The van der Waals surface area contributed by atoms with E-state index in [4.69, 9.17) is 9.84 Å². The Kier molecular flexibility index (Phi) is 3.74. The summed E-state index contributed by atoms with van der Waals surface area (Å²) in [6.07, 6.45) is -0.242. The number of amides is 1. The first kappa shape index (κ1) is 14.0. The maximum Gasteiger partial charge on any atom is 0.304 e. The van der Waals surface area contributed by atoms with Gasteiger partial charge in [-0.05, 0) is 24.6 Å². The van der Waals surface area contributed by atoms with E-state index in [0.29, 0.717) is 17.0 Å². The molecule has 1 aromatic carbocycles. The minimum absolute atomic E-state index is 0.149. The molecule has 2 N–H and O–H groups in total. The molecule has 0 spiro atoms. The SMILES string of the molecule is Cc1cc2c(c(C(=O)C(C)CC(=O)O)c1)OCC(=O)N2. The van der Waals surface area contributed by atoms with E-state index in [1.807, 2.05) is 0 Å². The summed E-state index contributed by atoms with van der Waals surface area (Å²) in [5.74, 6) is -1.94. The fraction of sp³-hybridized carbons (Fsp3) is 0.357. The van der Waals surface area contributed by atoms with Gasteiger partial charge in [0.2, 0.25) is 0 Å². The highest BCUT2D eigenvalue weighted by Crippen LogP contribution is 2.34. The number of benzene rings is 1. The zero-order valence-electron chi connectivity index (χ0n) is 11.2. The molecule has 0 saturated carbocycles. The summed E-state index contributed by atoms with van der Waals surface area (Å²) in [4.78, 5) is 34.3. The molecule has 20 heavy (non-hydrogen) atoms. The molecule has 6 heteroatoms. The van der Waals surface area contributed by atoms with Gasteiger partial charge in [0.1, 0.15) is 0 Å². The van der Waals surface area contributed by atoms with Crippen LogP contribution in [0.15, 0.2) is 12.1 Å². The molecule has 1 heterocycles. The normalized spacial score (nSPS) is 14.8. The van der Waals surface area contributed by atoms with Crippen LogP contribution in [0.2, 0.25) is 0 Å². The molecule has 6 nitrogen and oxygen atoms in total. The molecule has 1 aliphatic rings. The van der Waals surface area contributed by atoms with Gasteiger partial charge >= 0.3 is 5.97 Å². The number of hydrogen-bond donors (Lipinski definition) is 2. The third-order valence-corrected chi connectivity index (χ3v) is 3.05. The quantitative estimate of drug-likeness (QED) is 0.816. The van der Waals surface area contributed by atoms with Crippen LogP contribution in [-0.2, 0) is 9.59 Å². The first-order chi connectivity index (χ1) is 9.38. The van der Waals surface area contributed by atoms with Crippen molar-refractivity contribution in [1.82, 2.24) is 0 Å². The number of carbonyl (C=O) groups excluding carboxylic acids is 2. The van der Waals surface area contributed by atoms with Crippen molar-refractivity contribution in [2.45, 2.75) is 20.3 Å². The number of carbonyl (C=O) groups is 3. The van der Waals surface area contributed by atoms with E-state index in [9.17, 15) is 14.4 Å². The van der Waals surface area contributed by atoms with E-state index in [1.54, 1.807) is 26.0 Å². The highest BCUT2D eigenvalue weighted by Gasteiger charge is 2.26. The molecule has 0 saturated heterocycles. The zero-order valence-corrected chi connectivity index (χ0v) is 11.2. The second-order valence-corrected chi connectivity index (χ2v) is 4.89. The molecule has 0 radical (unpaired) electrons. The Morgan fingerprint density at radius 1 is 1.45 bits per heavy atom. The number of hydrogen-bond acceptors (Lipinski definition) is 4. The zero-order chi connectivity index (χ0) is 14.9. The Bertz CT molecular complexity index is 593. The molecule has 0 aromatic heterocycles. The Morgan fingerprint density at radius 3 is 2.80 bits per heavy atom. The average molecular weight is 277 g/mol. The first-order valence-electron chi connectivity index (χ1n) is 6.21. The van der Waals surface area contributed by atoms with Crippen LogP contribution in [0.3, 0.4) is 0 Å². The summed E-state index contributed by atoms with van der Waals surface area (Å²) in [6, 6.07) is 3.36. The number of nitrogens with one attached hydrogen (secondary N) is 1. The molecule has 1 aliphatic heterocycles. The van der Waals surface area contributed by atoms with Crippen molar-refractivity contribution >= 4 is 23.3 Å². The summed E-state index contributed by atoms with van der Waals surface area (Å²) >= 11 is 0. The molecular weight excluding hydrogens is 262 g/mol. The molecule has 106 valence electrons. The van der Waals surface area contributed by atoms with Gasteiger partial charge in [0.25, 0.3) is 5.91 Å². The minimum Gasteiger partial charge on any atom is -0.481 e. The first-order valence-corrected chi connectivity index (χ1v) is 6.21. The van der Waals surface area contributed by atoms with E-state index in [1.165, 1.54) is 0 Å². The lowest BCUT2D eigenvalue weighted by molar-refractivity contribution is -0.137. The summed E-state index contributed by atoms with van der Waals surface area (Å²) in [7, 11) is 0. The molecular formula is C14H15NO5. The van der Waals surface area contributed by atoms with E-state index >= 15 is 0 Å². The lowest BCUT2D eigenvalue weighted by atomic mass is 9.94. The lowest BCUT2D eigenvalue weighted by Crippen LogP contribution is -2.27. The van der Waals surface area contributed by atoms with Crippen LogP contribution in [0, 0.1) is 12.8 Å². The molecule has 2 rings (SSSR count). The van der Waals surface area contributed by atoms with Crippen molar-refractivity contribution in [3.63, 3.8) is 0 Å². The van der Waals surface area contributed by atoms with Crippen LogP contribution < -0.4 is 10.1 Å². The second-order valence-electron chi connectivity index (χ2n) is 4.89. The summed E-state index contributed by atoms with van der Waals surface area (Å²) in [6.45, 7) is 3.20. The fourth-order valence-corrected chi connectivity index (χ4v) is 2.15. The van der Waals surface area contributed by atoms with Gasteiger partial charge in [-0.3, -0.25) is 14.4 Å². The average Bonchev–Trinajstić information content (AvgIpc) is 2.35. The lowest BCUT2D eigenvalue weighted by Gasteiger charge is -2.22. The number of carboxylic acid groups (broad SMARTS) is 1. The van der Waals surface area contributed by atoms with Crippen molar-refractivity contribution in [1.29, 1.82) is 0 Å². The highest BCUT2D eigenvalue weighted by atomic mass is 16.5. The van der Waals surface area contributed by atoms with Crippen molar-refractivity contribution < 1.29 is 24.2 Å². The number of aryl methyl sites for hydroxylation is 1. The van der Waals surface area contributed by atoms with Gasteiger partial charge in [0, 0.05) is 5.92 Å². The maximum absolute atomic E-state index is 12.3. The second kappa shape index (κ2) is 5.32. The van der Waals surface area contributed by atoms with Crippen molar-refractivity contribution in [2.24, 2.45) is 5.92 Å². The number of aliphatic carboxylic acids is 1. The number of ether oxygens (including phenoxy) is 1. The van der Waals surface area contributed by atoms with Crippen molar-refractivity contribution in [3.8, 4) is 5.75 Å². The third-order valence-electron chi connectivity index (χ3n) is 3.05. The molecule has 1 unspecified atom stereocenters. The standard InChI is InChI=1S/C14H15NO5/c1-7-3-9(13(19)8(2)5-12(17)18)14-10(4-7)15-11(16)6-20-14/h3-4,8H,5-6H2,1-2H3,(H,15,16)(H,17,18). The van der Waals surface area contributed by atoms with Crippen LogP contribution >= 0.6 is 0 Å².